The van der Waals surface area contributed by atoms with Gasteiger partial charge in [-0.2, -0.15) is 0 Å². The molecule has 94 valence electrons. The molecule has 0 bridgehead atoms. The Morgan fingerprint density at radius 2 is 2.35 bits per heavy atom. The quantitative estimate of drug-likeness (QED) is 0.514. The number of nitrogens with zero attached hydrogens (tertiary/aromatic N) is 1. The van der Waals surface area contributed by atoms with Crippen molar-refractivity contribution in [1.82, 2.24) is 15.3 Å². The zero-order chi connectivity index (χ0) is 12.8. The van der Waals surface area contributed by atoms with Crippen LogP contribution in [0.4, 0.5) is 0 Å². The summed E-state index contributed by atoms with van der Waals surface area (Å²) in [6, 6.07) is -0.975. The molecule has 7 nitrogen and oxygen atoms in total. The van der Waals surface area contributed by atoms with Crippen LogP contribution in [0.25, 0.3) is 0 Å². The van der Waals surface area contributed by atoms with Crippen molar-refractivity contribution in [3.05, 3.63) is 18.2 Å². The summed E-state index contributed by atoms with van der Waals surface area (Å²) in [7, 11) is 0. The molecule has 1 heterocycles. The number of aliphatic carboxylic acids is 1. The van der Waals surface area contributed by atoms with Crippen LogP contribution in [0.3, 0.4) is 0 Å². The van der Waals surface area contributed by atoms with E-state index >= 15 is 0 Å². The first-order valence-corrected chi connectivity index (χ1v) is 5.25. The zero-order valence-electron chi connectivity index (χ0n) is 9.51. The lowest BCUT2D eigenvalue weighted by Crippen LogP contribution is -2.45. The Hall–Kier alpha value is -1.89. The summed E-state index contributed by atoms with van der Waals surface area (Å²) in [5.41, 5.74) is 5.99. The SMILES string of the molecule is CC(CN)C(=O)N[C@H](Cc1cnc[nH]1)C(=O)O. The number of aromatic nitrogens is 2. The molecule has 17 heavy (non-hydrogen) atoms. The highest BCUT2D eigenvalue weighted by Gasteiger charge is 2.23. The van der Waals surface area contributed by atoms with Gasteiger partial charge in [-0.25, -0.2) is 9.78 Å². The van der Waals surface area contributed by atoms with Gasteiger partial charge in [0.25, 0.3) is 0 Å². The minimum absolute atomic E-state index is 0.165. The van der Waals surface area contributed by atoms with Crippen LogP contribution >= 0.6 is 0 Å². The standard InChI is InChI=1S/C10H16N4O3/c1-6(3-11)9(15)14-8(10(16)17)2-7-4-12-5-13-7/h4-6,8H,2-3,11H2,1H3,(H,12,13)(H,14,15)(H,16,17)/t6?,8-/m1/s1. The van der Waals surface area contributed by atoms with E-state index < -0.39 is 17.9 Å². The fourth-order valence-corrected chi connectivity index (χ4v) is 1.24. The third-order valence-electron chi connectivity index (χ3n) is 2.39. The van der Waals surface area contributed by atoms with Crippen molar-refractivity contribution in [2.24, 2.45) is 11.7 Å². The van der Waals surface area contributed by atoms with E-state index in [1.165, 1.54) is 12.5 Å². The molecule has 5 N–H and O–H groups in total. The topological polar surface area (TPSA) is 121 Å². The number of imidazole rings is 1. The van der Waals surface area contributed by atoms with E-state index in [4.69, 9.17) is 10.8 Å². The third-order valence-corrected chi connectivity index (χ3v) is 2.39. The maximum Gasteiger partial charge on any atom is 0.326 e. The first-order valence-electron chi connectivity index (χ1n) is 5.25. The Bertz CT molecular complexity index is 377. The Balaban J connectivity index is 2.61. The van der Waals surface area contributed by atoms with Crippen molar-refractivity contribution < 1.29 is 14.7 Å². The minimum Gasteiger partial charge on any atom is -0.480 e. The van der Waals surface area contributed by atoms with E-state index in [0.29, 0.717) is 5.69 Å². The van der Waals surface area contributed by atoms with Crippen molar-refractivity contribution in [1.29, 1.82) is 0 Å². The number of nitrogens with two attached hydrogens (primary N) is 1. The Morgan fingerprint density at radius 1 is 1.65 bits per heavy atom. The number of hydrogen-bond acceptors (Lipinski definition) is 4. The highest BCUT2D eigenvalue weighted by Crippen LogP contribution is 2.01. The van der Waals surface area contributed by atoms with Crippen LogP contribution in [0.2, 0.25) is 0 Å². The van der Waals surface area contributed by atoms with E-state index in [2.05, 4.69) is 15.3 Å². The van der Waals surface area contributed by atoms with Gasteiger partial charge in [-0.15, -0.1) is 0 Å². The number of H-pyrrole nitrogens is 1. The zero-order valence-corrected chi connectivity index (χ0v) is 9.51. The summed E-state index contributed by atoms with van der Waals surface area (Å²) in [5, 5.41) is 11.4. The fourth-order valence-electron chi connectivity index (χ4n) is 1.24. The van der Waals surface area contributed by atoms with Crippen LogP contribution in [0.1, 0.15) is 12.6 Å². The predicted molar refractivity (Wildman–Crippen MR) is 60.1 cm³/mol. The van der Waals surface area contributed by atoms with Crippen LogP contribution in [0, 0.1) is 5.92 Å². The maximum absolute atomic E-state index is 11.5. The van der Waals surface area contributed by atoms with Crippen molar-refractivity contribution >= 4 is 11.9 Å². The van der Waals surface area contributed by atoms with Gasteiger partial charge in [0.15, 0.2) is 0 Å². The molecule has 0 radical (unpaired) electrons. The highest BCUT2D eigenvalue weighted by atomic mass is 16.4. The number of carboxylic acids is 1. The second-order valence-corrected chi connectivity index (χ2v) is 3.82. The maximum atomic E-state index is 11.5. The van der Waals surface area contributed by atoms with E-state index in [1.807, 2.05) is 0 Å². The molecule has 0 spiro atoms. The lowest BCUT2D eigenvalue weighted by molar-refractivity contribution is -0.142. The second kappa shape index (κ2) is 6.00. The number of aromatic amines is 1. The average molecular weight is 240 g/mol. The van der Waals surface area contributed by atoms with Gasteiger partial charge in [-0.3, -0.25) is 4.79 Å². The molecule has 0 saturated heterocycles. The summed E-state index contributed by atoms with van der Waals surface area (Å²) in [6.07, 6.45) is 3.14. The summed E-state index contributed by atoms with van der Waals surface area (Å²) >= 11 is 0. The number of carbonyl (C=O) groups excluding carboxylic acids is 1. The lowest BCUT2D eigenvalue weighted by atomic mass is 10.1. The second-order valence-electron chi connectivity index (χ2n) is 3.82. The number of carboxylic acid groups (broad SMARTS) is 1. The van der Waals surface area contributed by atoms with Crippen molar-refractivity contribution in [2.45, 2.75) is 19.4 Å². The Kier molecular flexibility index (Phi) is 4.65. The molecule has 0 aromatic carbocycles. The molecule has 0 fully saturated rings. The first kappa shape index (κ1) is 13.2. The number of nitrogens with one attached hydrogen (secondary N) is 2. The number of carbonyl (C=O) groups is 2. The number of rotatable bonds is 6. The van der Waals surface area contributed by atoms with Gasteiger partial charge in [0.1, 0.15) is 6.04 Å². The van der Waals surface area contributed by atoms with E-state index in [0.717, 1.165) is 0 Å². The van der Waals surface area contributed by atoms with Crippen LogP contribution in [0.15, 0.2) is 12.5 Å². The summed E-state index contributed by atoms with van der Waals surface area (Å²) in [5.74, 6) is -1.85. The molecule has 1 unspecified atom stereocenters. The highest BCUT2D eigenvalue weighted by molar-refractivity contribution is 5.85. The van der Waals surface area contributed by atoms with Gasteiger partial charge in [-0.1, -0.05) is 6.92 Å². The summed E-state index contributed by atoms with van der Waals surface area (Å²) in [4.78, 5) is 29.1. The van der Waals surface area contributed by atoms with Crippen LogP contribution < -0.4 is 11.1 Å². The van der Waals surface area contributed by atoms with E-state index in [1.54, 1.807) is 6.92 Å². The predicted octanol–water partition coefficient (Wildman–Crippen LogP) is -0.884. The number of amides is 1. The van der Waals surface area contributed by atoms with Crippen molar-refractivity contribution in [2.75, 3.05) is 6.54 Å². The molecular weight excluding hydrogens is 224 g/mol. The molecule has 0 aliphatic heterocycles. The molecule has 7 heteroatoms. The van der Waals surface area contributed by atoms with Gasteiger partial charge in [0, 0.05) is 30.8 Å². The molecular formula is C10H16N4O3. The van der Waals surface area contributed by atoms with Crippen molar-refractivity contribution in [3.63, 3.8) is 0 Å². The molecule has 1 amide bonds. The largest absolute Gasteiger partial charge is 0.480 e. The van der Waals surface area contributed by atoms with E-state index in [-0.39, 0.29) is 18.9 Å². The smallest absolute Gasteiger partial charge is 0.326 e. The fraction of sp³-hybridized carbons (Fsp3) is 0.500. The molecule has 1 aromatic rings. The third kappa shape index (κ3) is 3.87. The van der Waals surface area contributed by atoms with E-state index in [9.17, 15) is 9.59 Å². The van der Waals surface area contributed by atoms with Gasteiger partial charge in [0.2, 0.25) is 5.91 Å². The van der Waals surface area contributed by atoms with Crippen LogP contribution in [-0.4, -0.2) is 39.5 Å². The summed E-state index contributed by atoms with van der Waals surface area (Å²) < 4.78 is 0. The molecule has 1 rings (SSSR count). The van der Waals surface area contributed by atoms with Gasteiger partial charge >= 0.3 is 5.97 Å². The number of hydrogen-bond donors (Lipinski definition) is 4. The monoisotopic (exact) mass is 240 g/mol. The van der Waals surface area contributed by atoms with Crippen LogP contribution in [0.5, 0.6) is 0 Å². The van der Waals surface area contributed by atoms with Crippen LogP contribution in [-0.2, 0) is 16.0 Å². The molecule has 0 saturated carbocycles. The molecule has 0 aliphatic rings. The molecule has 2 atom stereocenters. The first-order chi connectivity index (χ1) is 8.04. The Morgan fingerprint density at radius 3 is 2.82 bits per heavy atom. The van der Waals surface area contributed by atoms with Gasteiger partial charge in [0.05, 0.1) is 6.33 Å². The lowest BCUT2D eigenvalue weighted by Gasteiger charge is -2.16. The molecule has 0 aliphatic carbocycles. The average Bonchev–Trinajstić information content (AvgIpc) is 2.79. The van der Waals surface area contributed by atoms with Crippen molar-refractivity contribution in [3.8, 4) is 0 Å². The minimum atomic E-state index is -1.09. The molecule has 1 aromatic heterocycles. The summed E-state index contributed by atoms with van der Waals surface area (Å²) in [6.45, 7) is 1.83. The van der Waals surface area contributed by atoms with Gasteiger partial charge in [-0.05, 0) is 0 Å². The van der Waals surface area contributed by atoms with Gasteiger partial charge < -0.3 is 21.1 Å². The normalized spacial score (nSPS) is 14.0. The Labute approximate surface area is 98.4 Å².